The van der Waals surface area contributed by atoms with E-state index in [9.17, 15) is 9.36 Å². The van der Waals surface area contributed by atoms with E-state index >= 15 is 0 Å². The SMILES string of the molecule is C=CC(=O)OCCOP(=O)(OC)Oc1ccccc1. The maximum absolute atomic E-state index is 12.0. The van der Waals surface area contributed by atoms with Crippen molar-refractivity contribution >= 4 is 13.8 Å². The molecule has 0 radical (unpaired) electrons. The van der Waals surface area contributed by atoms with Gasteiger partial charge in [-0.25, -0.2) is 9.36 Å². The van der Waals surface area contributed by atoms with E-state index in [1.165, 1.54) is 7.11 Å². The van der Waals surface area contributed by atoms with Gasteiger partial charge in [0.1, 0.15) is 12.4 Å². The molecule has 0 spiro atoms. The molecule has 0 saturated heterocycles. The summed E-state index contributed by atoms with van der Waals surface area (Å²) in [6.07, 6.45) is 1.02. The first-order chi connectivity index (χ1) is 9.09. The molecule has 19 heavy (non-hydrogen) atoms. The highest BCUT2D eigenvalue weighted by molar-refractivity contribution is 7.48. The number of carbonyl (C=O) groups is 1. The lowest BCUT2D eigenvalue weighted by Gasteiger charge is -2.16. The lowest BCUT2D eigenvalue weighted by Crippen LogP contribution is -2.09. The molecule has 0 aliphatic heterocycles. The summed E-state index contributed by atoms with van der Waals surface area (Å²) in [5.41, 5.74) is 0. The minimum atomic E-state index is -3.71. The second-order valence-electron chi connectivity index (χ2n) is 3.24. The predicted octanol–water partition coefficient (Wildman–Crippen LogP) is 2.57. The molecular formula is C12H15O6P. The number of phosphoric acid groups is 1. The van der Waals surface area contributed by atoms with Crippen LogP contribution in [0, 0.1) is 0 Å². The van der Waals surface area contributed by atoms with Crippen LogP contribution in [0.3, 0.4) is 0 Å². The number of hydrogen-bond acceptors (Lipinski definition) is 6. The van der Waals surface area contributed by atoms with Crippen molar-refractivity contribution in [1.29, 1.82) is 0 Å². The Bertz CT molecular complexity index is 459. The number of phosphoric ester groups is 1. The largest absolute Gasteiger partial charge is 0.529 e. The van der Waals surface area contributed by atoms with Crippen molar-refractivity contribution in [3.05, 3.63) is 43.0 Å². The van der Waals surface area contributed by atoms with E-state index in [-0.39, 0.29) is 13.2 Å². The van der Waals surface area contributed by atoms with Gasteiger partial charge >= 0.3 is 13.8 Å². The molecule has 6 nitrogen and oxygen atoms in total. The molecule has 0 aliphatic carbocycles. The summed E-state index contributed by atoms with van der Waals surface area (Å²) in [6.45, 7) is 3.05. The smallest absolute Gasteiger partial charge is 0.460 e. The van der Waals surface area contributed by atoms with Crippen molar-refractivity contribution in [3.63, 3.8) is 0 Å². The molecule has 0 aromatic heterocycles. The zero-order valence-corrected chi connectivity index (χ0v) is 11.4. The van der Waals surface area contributed by atoms with Gasteiger partial charge in [0, 0.05) is 13.2 Å². The molecule has 7 heteroatoms. The summed E-state index contributed by atoms with van der Waals surface area (Å²) in [6, 6.07) is 8.47. The quantitative estimate of drug-likeness (QED) is 0.316. The van der Waals surface area contributed by atoms with E-state index in [0.29, 0.717) is 5.75 Å². The molecule has 1 atom stereocenters. The minimum absolute atomic E-state index is 0.0731. The molecule has 1 aromatic carbocycles. The van der Waals surface area contributed by atoms with Crippen molar-refractivity contribution < 1.29 is 27.7 Å². The Kier molecular flexibility index (Phi) is 6.29. The molecule has 0 bridgehead atoms. The third-order valence-corrected chi connectivity index (χ3v) is 3.31. The molecule has 1 rings (SSSR count). The van der Waals surface area contributed by atoms with Crippen molar-refractivity contribution in [2.24, 2.45) is 0 Å². The number of ether oxygens (including phenoxy) is 1. The molecule has 0 fully saturated rings. The van der Waals surface area contributed by atoms with Gasteiger partial charge in [-0.15, -0.1) is 0 Å². The Hall–Kier alpha value is -1.62. The summed E-state index contributed by atoms with van der Waals surface area (Å²) >= 11 is 0. The van der Waals surface area contributed by atoms with Crippen molar-refractivity contribution in [2.45, 2.75) is 0 Å². The molecule has 0 N–H and O–H groups in total. The van der Waals surface area contributed by atoms with Gasteiger partial charge in [0.25, 0.3) is 0 Å². The first-order valence-corrected chi connectivity index (χ1v) is 6.90. The molecule has 0 amide bonds. The van der Waals surface area contributed by atoms with Crippen LogP contribution in [0.25, 0.3) is 0 Å². The topological polar surface area (TPSA) is 71.1 Å². The predicted molar refractivity (Wildman–Crippen MR) is 68.8 cm³/mol. The highest BCUT2D eigenvalue weighted by atomic mass is 31.2. The van der Waals surface area contributed by atoms with Crippen LogP contribution in [0.2, 0.25) is 0 Å². The molecular weight excluding hydrogens is 271 g/mol. The Labute approximate surface area is 111 Å². The summed E-state index contributed by atoms with van der Waals surface area (Å²) in [4.78, 5) is 10.8. The fourth-order valence-corrected chi connectivity index (χ4v) is 1.99. The molecule has 1 unspecified atom stereocenters. The number of hydrogen-bond donors (Lipinski definition) is 0. The van der Waals surface area contributed by atoms with Gasteiger partial charge in [-0.3, -0.25) is 9.05 Å². The highest BCUT2D eigenvalue weighted by Gasteiger charge is 2.26. The number of esters is 1. The molecule has 0 saturated carbocycles. The Morgan fingerprint density at radius 2 is 2.00 bits per heavy atom. The van der Waals surface area contributed by atoms with E-state index in [4.69, 9.17) is 13.6 Å². The summed E-state index contributed by atoms with van der Waals surface area (Å²) in [5, 5.41) is 0. The second-order valence-corrected chi connectivity index (χ2v) is 4.94. The number of carbonyl (C=O) groups excluding carboxylic acids is 1. The van der Waals surface area contributed by atoms with Crippen molar-refractivity contribution in [2.75, 3.05) is 20.3 Å². The third kappa shape index (κ3) is 5.70. The van der Waals surface area contributed by atoms with Crippen molar-refractivity contribution in [3.8, 4) is 5.75 Å². The zero-order chi connectivity index (χ0) is 14.1. The minimum Gasteiger partial charge on any atom is -0.460 e. The first-order valence-electron chi connectivity index (χ1n) is 5.44. The van der Waals surface area contributed by atoms with Crippen LogP contribution in [0.1, 0.15) is 0 Å². The fraction of sp³-hybridized carbons (Fsp3) is 0.250. The summed E-state index contributed by atoms with van der Waals surface area (Å²) in [7, 11) is -2.50. The van der Waals surface area contributed by atoms with E-state index in [2.05, 4.69) is 11.3 Å². The average molecular weight is 286 g/mol. The van der Waals surface area contributed by atoms with Crippen LogP contribution < -0.4 is 4.52 Å². The first kappa shape index (κ1) is 15.4. The lowest BCUT2D eigenvalue weighted by molar-refractivity contribution is -0.138. The Morgan fingerprint density at radius 3 is 2.58 bits per heavy atom. The third-order valence-electron chi connectivity index (χ3n) is 1.93. The maximum atomic E-state index is 12.0. The van der Waals surface area contributed by atoms with Gasteiger partial charge in [-0.2, -0.15) is 0 Å². The monoisotopic (exact) mass is 286 g/mol. The van der Waals surface area contributed by atoms with Crippen LogP contribution in [-0.2, 0) is 23.1 Å². The van der Waals surface area contributed by atoms with Gasteiger partial charge in [0.15, 0.2) is 0 Å². The van der Waals surface area contributed by atoms with Crippen LogP contribution in [-0.4, -0.2) is 26.3 Å². The zero-order valence-electron chi connectivity index (χ0n) is 10.5. The van der Waals surface area contributed by atoms with Crippen LogP contribution in [0.5, 0.6) is 5.75 Å². The average Bonchev–Trinajstić information content (AvgIpc) is 2.44. The number of benzene rings is 1. The normalized spacial score (nSPS) is 13.3. The lowest BCUT2D eigenvalue weighted by atomic mass is 10.3. The maximum Gasteiger partial charge on any atom is 0.529 e. The standard InChI is InChI=1S/C12H15O6P/c1-3-12(13)16-9-10-17-19(14,15-2)18-11-7-5-4-6-8-11/h3-8H,1,9-10H2,2H3. The number of rotatable bonds is 8. The number of para-hydroxylation sites is 1. The van der Waals surface area contributed by atoms with E-state index in [1.54, 1.807) is 30.3 Å². The van der Waals surface area contributed by atoms with Crippen LogP contribution in [0.4, 0.5) is 0 Å². The van der Waals surface area contributed by atoms with Crippen LogP contribution >= 0.6 is 7.82 Å². The van der Waals surface area contributed by atoms with E-state index in [1.807, 2.05) is 0 Å². The van der Waals surface area contributed by atoms with E-state index < -0.39 is 13.8 Å². The molecule has 104 valence electrons. The van der Waals surface area contributed by atoms with Gasteiger partial charge < -0.3 is 9.26 Å². The molecule has 0 aliphatic rings. The highest BCUT2D eigenvalue weighted by Crippen LogP contribution is 2.48. The van der Waals surface area contributed by atoms with E-state index in [0.717, 1.165) is 6.08 Å². The van der Waals surface area contributed by atoms with Gasteiger partial charge in [-0.05, 0) is 12.1 Å². The summed E-state index contributed by atoms with van der Waals surface area (Å²) in [5.74, 6) is -0.226. The van der Waals surface area contributed by atoms with Crippen molar-refractivity contribution in [1.82, 2.24) is 0 Å². The van der Waals surface area contributed by atoms with Crippen LogP contribution in [0.15, 0.2) is 43.0 Å². The molecule has 0 heterocycles. The Balaban J connectivity index is 2.45. The van der Waals surface area contributed by atoms with Gasteiger partial charge in [0.2, 0.25) is 0 Å². The van der Waals surface area contributed by atoms with Gasteiger partial charge in [0.05, 0.1) is 6.61 Å². The van der Waals surface area contributed by atoms with Gasteiger partial charge in [-0.1, -0.05) is 24.8 Å². The molecule has 1 aromatic rings. The second kappa shape index (κ2) is 7.74. The Morgan fingerprint density at radius 1 is 1.32 bits per heavy atom. The summed E-state index contributed by atoms with van der Waals surface area (Å²) < 4.78 is 31.5. The fourth-order valence-electron chi connectivity index (χ4n) is 1.08.